The molecule has 2 rings (SSSR count). The van der Waals surface area contributed by atoms with Crippen molar-refractivity contribution in [3.8, 4) is 5.75 Å². The van der Waals surface area contributed by atoms with Crippen molar-refractivity contribution in [2.45, 2.75) is 18.9 Å². The maximum Gasteiger partial charge on any atom is 0.433 e. The van der Waals surface area contributed by atoms with Crippen LogP contribution in [0.5, 0.6) is 5.75 Å². The maximum absolute atomic E-state index is 12.5. The van der Waals surface area contributed by atoms with E-state index in [0.717, 1.165) is 12.3 Å². The molecule has 0 saturated heterocycles. The average Bonchev–Trinajstić information content (AvgIpc) is 2.52. The van der Waals surface area contributed by atoms with Crippen molar-refractivity contribution in [3.63, 3.8) is 0 Å². The summed E-state index contributed by atoms with van der Waals surface area (Å²) in [6.07, 6.45) is -4.76. The van der Waals surface area contributed by atoms with E-state index >= 15 is 0 Å². The summed E-state index contributed by atoms with van der Waals surface area (Å²) in [6.45, 7) is -3.13. The number of rotatable bonds is 6. The van der Waals surface area contributed by atoms with Gasteiger partial charge in [0.25, 0.3) is 0 Å². The Hall–Kier alpha value is -2.49. The highest BCUT2D eigenvalue weighted by molar-refractivity contribution is 5.31. The standard InChI is InChI=1S/C14H12F5N3O2/c15-12(16)24-9-3-1-8(2-4-9)10(23)7-21-13-20-6-5-11(22-13)14(17,18)19/h1-6,10,12,23H,7H2,(H,20,21,22)/t10-/m1/s1. The Morgan fingerprint density at radius 2 is 1.79 bits per heavy atom. The lowest BCUT2D eigenvalue weighted by molar-refractivity contribution is -0.141. The van der Waals surface area contributed by atoms with Crippen LogP contribution in [0, 0.1) is 0 Å². The number of aliphatic hydroxyl groups excluding tert-OH is 1. The molecule has 0 radical (unpaired) electrons. The fourth-order valence-corrected chi connectivity index (χ4v) is 1.78. The zero-order chi connectivity index (χ0) is 17.7. The van der Waals surface area contributed by atoms with Crippen molar-refractivity contribution < 1.29 is 31.8 Å². The van der Waals surface area contributed by atoms with E-state index in [-0.39, 0.29) is 18.2 Å². The van der Waals surface area contributed by atoms with E-state index < -0.39 is 24.6 Å². The highest BCUT2D eigenvalue weighted by Gasteiger charge is 2.32. The number of nitrogens with one attached hydrogen (secondary N) is 1. The van der Waals surface area contributed by atoms with E-state index in [1.165, 1.54) is 24.3 Å². The predicted octanol–water partition coefficient (Wildman–Crippen LogP) is 3.24. The number of anilines is 1. The molecule has 2 N–H and O–H groups in total. The minimum Gasteiger partial charge on any atom is -0.435 e. The van der Waals surface area contributed by atoms with Crippen LogP contribution in [-0.4, -0.2) is 28.2 Å². The number of nitrogens with zero attached hydrogens (tertiary/aromatic N) is 2. The number of hydrogen-bond donors (Lipinski definition) is 2. The largest absolute Gasteiger partial charge is 0.435 e. The summed E-state index contributed by atoms with van der Waals surface area (Å²) in [6, 6.07) is 5.93. The molecule has 1 heterocycles. The average molecular weight is 349 g/mol. The summed E-state index contributed by atoms with van der Waals surface area (Å²) in [5.74, 6) is -0.364. The van der Waals surface area contributed by atoms with E-state index in [1.54, 1.807) is 0 Å². The Bertz CT molecular complexity index is 664. The van der Waals surface area contributed by atoms with Gasteiger partial charge in [-0.25, -0.2) is 9.97 Å². The molecule has 10 heteroatoms. The molecule has 24 heavy (non-hydrogen) atoms. The van der Waals surface area contributed by atoms with Crippen LogP contribution < -0.4 is 10.1 Å². The lowest BCUT2D eigenvalue weighted by atomic mass is 10.1. The highest BCUT2D eigenvalue weighted by atomic mass is 19.4. The van der Waals surface area contributed by atoms with Crippen molar-refractivity contribution >= 4 is 5.95 Å². The molecule has 0 unspecified atom stereocenters. The van der Waals surface area contributed by atoms with Crippen LogP contribution >= 0.6 is 0 Å². The molecule has 2 aromatic rings. The number of alkyl halides is 5. The number of hydrogen-bond acceptors (Lipinski definition) is 5. The van der Waals surface area contributed by atoms with E-state index in [4.69, 9.17) is 0 Å². The Morgan fingerprint density at radius 1 is 1.12 bits per heavy atom. The van der Waals surface area contributed by atoms with E-state index in [0.29, 0.717) is 5.56 Å². The van der Waals surface area contributed by atoms with Gasteiger partial charge in [-0.1, -0.05) is 12.1 Å². The van der Waals surface area contributed by atoms with Crippen LogP contribution in [0.3, 0.4) is 0 Å². The lowest BCUT2D eigenvalue weighted by Gasteiger charge is -2.13. The van der Waals surface area contributed by atoms with Gasteiger partial charge in [0.2, 0.25) is 5.95 Å². The topological polar surface area (TPSA) is 67.3 Å². The molecule has 0 aliphatic rings. The Morgan fingerprint density at radius 3 is 2.38 bits per heavy atom. The van der Waals surface area contributed by atoms with Crippen molar-refractivity contribution in [2.75, 3.05) is 11.9 Å². The Labute approximate surface area is 133 Å². The quantitative estimate of drug-likeness (QED) is 0.784. The third-order valence-corrected chi connectivity index (χ3v) is 2.89. The van der Waals surface area contributed by atoms with Gasteiger partial charge in [-0.3, -0.25) is 0 Å². The molecule has 0 fully saturated rings. The maximum atomic E-state index is 12.5. The molecule has 0 amide bonds. The Kier molecular flexibility index (Phi) is 5.50. The molecular weight excluding hydrogens is 337 g/mol. The Balaban J connectivity index is 1.96. The lowest BCUT2D eigenvalue weighted by Crippen LogP contribution is -2.16. The molecule has 1 aromatic carbocycles. The zero-order valence-corrected chi connectivity index (χ0v) is 12.0. The summed E-state index contributed by atoms with van der Waals surface area (Å²) in [7, 11) is 0. The van der Waals surface area contributed by atoms with Crippen molar-refractivity contribution in [1.29, 1.82) is 0 Å². The minimum atomic E-state index is -4.60. The fraction of sp³-hybridized carbons (Fsp3) is 0.286. The van der Waals surface area contributed by atoms with Gasteiger partial charge in [0.1, 0.15) is 11.4 Å². The van der Waals surface area contributed by atoms with Crippen LogP contribution in [0.2, 0.25) is 0 Å². The van der Waals surface area contributed by atoms with Crippen molar-refractivity contribution in [3.05, 3.63) is 47.8 Å². The van der Waals surface area contributed by atoms with Crippen molar-refractivity contribution in [2.24, 2.45) is 0 Å². The third kappa shape index (κ3) is 5.01. The monoisotopic (exact) mass is 349 g/mol. The molecule has 5 nitrogen and oxygen atoms in total. The number of halogens is 5. The molecule has 0 spiro atoms. The van der Waals surface area contributed by atoms with Gasteiger partial charge in [-0.2, -0.15) is 22.0 Å². The summed E-state index contributed by atoms with van der Waals surface area (Å²) in [5, 5.41) is 12.4. The zero-order valence-electron chi connectivity index (χ0n) is 12.0. The van der Waals surface area contributed by atoms with Gasteiger partial charge < -0.3 is 15.2 Å². The van der Waals surface area contributed by atoms with E-state index in [1.807, 2.05) is 0 Å². The van der Waals surface area contributed by atoms with Gasteiger partial charge in [0.15, 0.2) is 0 Å². The van der Waals surface area contributed by atoms with E-state index in [9.17, 15) is 27.1 Å². The van der Waals surface area contributed by atoms with Gasteiger partial charge in [0, 0.05) is 12.7 Å². The van der Waals surface area contributed by atoms with Gasteiger partial charge >= 0.3 is 12.8 Å². The number of aromatic nitrogens is 2. The normalized spacial score (nSPS) is 13.0. The summed E-state index contributed by atoms with van der Waals surface area (Å²) < 4.78 is 65.8. The van der Waals surface area contributed by atoms with Crippen LogP contribution in [0.25, 0.3) is 0 Å². The van der Waals surface area contributed by atoms with E-state index in [2.05, 4.69) is 20.0 Å². The van der Waals surface area contributed by atoms with Gasteiger partial charge in [-0.15, -0.1) is 0 Å². The first-order chi connectivity index (χ1) is 11.3. The SMILES string of the molecule is O[C@H](CNc1nccc(C(F)(F)F)n1)c1ccc(OC(F)F)cc1. The van der Waals surface area contributed by atoms with Crippen molar-refractivity contribution in [1.82, 2.24) is 9.97 Å². The fourth-order valence-electron chi connectivity index (χ4n) is 1.78. The molecule has 0 aliphatic carbocycles. The summed E-state index contributed by atoms with van der Waals surface area (Å²) in [5.41, 5.74) is -0.751. The van der Waals surface area contributed by atoms with Crippen LogP contribution in [0.15, 0.2) is 36.5 Å². The summed E-state index contributed by atoms with van der Waals surface area (Å²) >= 11 is 0. The molecule has 1 atom stereocenters. The van der Waals surface area contributed by atoms with Gasteiger partial charge in [-0.05, 0) is 23.8 Å². The molecule has 0 saturated carbocycles. The summed E-state index contributed by atoms with van der Waals surface area (Å²) in [4.78, 5) is 6.92. The molecule has 0 bridgehead atoms. The first-order valence-corrected chi connectivity index (χ1v) is 6.62. The first-order valence-electron chi connectivity index (χ1n) is 6.62. The smallest absolute Gasteiger partial charge is 0.433 e. The van der Waals surface area contributed by atoms with Crippen LogP contribution in [-0.2, 0) is 6.18 Å². The number of ether oxygens (including phenoxy) is 1. The molecule has 130 valence electrons. The van der Waals surface area contributed by atoms with Gasteiger partial charge in [0.05, 0.1) is 6.10 Å². The second kappa shape index (κ2) is 7.39. The van der Waals surface area contributed by atoms with Crippen LogP contribution in [0.4, 0.5) is 27.9 Å². The number of aliphatic hydroxyl groups is 1. The highest BCUT2D eigenvalue weighted by Crippen LogP contribution is 2.27. The third-order valence-electron chi connectivity index (χ3n) is 2.89. The molecular formula is C14H12F5N3O2. The predicted molar refractivity (Wildman–Crippen MR) is 73.6 cm³/mol. The first kappa shape index (κ1) is 17.9. The minimum absolute atomic E-state index is 0.0740. The second-order valence-electron chi connectivity index (χ2n) is 4.61. The molecule has 0 aliphatic heterocycles. The second-order valence-corrected chi connectivity index (χ2v) is 4.61. The van der Waals surface area contributed by atoms with Crippen LogP contribution in [0.1, 0.15) is 17.4 Å². The number of benzene rings is 1. The molecule has 1 aromatic heterocycles.